The third-order valence-corrected chi connectivity index (χ3v) is 2.95. The third-order valence-electron chi connectivity index (χ3n) is 2.95. The van der Waals surface area contributed by atoms with Crippen LogP contribution in [0.2, 0.25) is 0 Å². The van der Waals surface area contributed by atoms with Crippen molar-refractivity contribution in [2.75, 3.05) is 5.73 Å². The highest BCUT2D eigenvalue weighted by molar-refractivity contribution is 5.74. The number of rotatable bonds is 4. The molecule has 0 amide bonds. The number of aliphatic carboxylic acids is 1. The second-order valence-electron chi connectivity index (χ2n) is 4.25. The molecule has 16 heavy (non-hydrogen) atoms. The summed E-state index contributed by atoms with van der Waals surface area (Å²) in [7, 11) is 0. The number of anilines is 1. The van der Waals surface area contributed by atoms with Crippen LogP contribution in [0.4, 0.5) is 10.1 Å². The fourth-order valence-corrected chi connectivity index (χ4v) is 1.51. The van der Waals surface area contributed by atoms with Crippen molar-refractivity contribution in [2.24, 2.45) is 5.41 Å². The van der Waals surface area contributed by atoms with Gasteiger partial charge in [0.1, 0.15) is 5.82 Å². The summed E-state index contributed by atoms with van der Waals surface area (Å²) in [5, 5.41) is 9.11. The fraction of sp³-hybridized carbons (Fsp3) is 0.417. The molecule has 0 heterocycles. The second kappa shape index (κ2) is 4.51. The van der Waals surface area contributed by atoms with E-state index >= 15 is 0 Å². The summed E-state index contributed by atoms with van der Waals surface area (Å²) in [6.07, 6.45) is 0.864. The highest BCUT2D eigenvalue weighted by Gasteiger charge is 2.31. The fourth-order valence-electron chi connectivity index (χ4n) is 1.51. The zero-order chi connectivity index (χ0) is 12.3. The molecule has 1 rings (SSSR count). The molecule has 1 atom stereocenters. The van der Waals surface area contributed by atoms with E-state index in [1.165, 1.54) is 12.1 Å². The maximum atomic E-state index is 12.9. The van der Waals surface area contributed by atoms with Gasteiger partial charge in [0.05, 0.1) is 11.1 Å². The summed E-state index contributed by atoms with van der Waals surface area (Å²) >= 11 is 0. The normalized spacial score (nSPS) is 14.4. The molecule has 0 saturated carbocycles. The Labute approximate surface area is 94.1 Å². The van der Waals surface area contributed by atoms with Crippen molar-refractivity contribution in [1.82, 2.24) is 0 Å². The second-order valence-corrected chi connectivity index (χ2v) is 4.25. The van der Waals surface area contributed by atoms with Crippen LogP contribution in [0.15, 0.2) is 18.2 Å². The van der Waals surface area contributed by atoms with Crippen molar-refractivity contribution in [2.45, 2.75) is 26.7 Å². The van der Waals surface area contributed by atoms with Crippen LogP contribution in [0.25, 0.3) is 0 Å². The van der Waals surface area contributed by atoms with Crippen LogP contribution < -0.4 is 5.73 Å². The van der Waals surface area contributed by atoms with Gasteiger partial charge in [0.15, 0.2) is 0 Å². The molecular weight excluding hydrogens is 209 g/mol. The van der Waals surface area contributed by atoms with Crippen molar-refractivity contribution >= 4 is 11.7 Å². The third kappa shape index (κ3) is 2.51. The molecular formula is C12H16FNO2. The number of carbonyl (C=O) groups is 1. The van der Waals surface area contributed by atoms with Gasteiger partial charge in [-0.3, -0.25) is 4.79 Å². The predicted octanol–water partition coefficient (Wildman–Crippen LogP) is 2.45. The number of carboxylic acid groups (broad SMARTS) is 1. The molecule has 0 aromatic heterocycles. The molecule has 0 saturated heterocycles. The van der Waals surface area contributed by atoms with Gasteiger partial charge in [-0.25, -0.2) is 4.39 Å². The lowest BCUT2D eigenvalue weighted by molar-refractivity contribution is -0.148. The Morgan fingerprint density at radius 1 is 1.56 bits per heavy atom. The molecule has 3 N–H and O–H groups in total. The Balaban J connectivity index is 2.95. The van der Waals surface area contributed by atoms with Gasteiger partial charge in [0.25, 0.3) is 0 Å². The Bertz CT molecular complexity index is 406. The minimum atomic E-state index is -0.849. The number of nitrogen functional groups attached to an aromatic ring is 1. The van der Waals surface area contributed by atoms with Crippen molar-refractivity contribution in [1.29, 1.82) is 0 Å². The molecule has 88 valence electrons. The maximum Gasteiger partial charge on any atom is 0.309 e. The van der Waals surface area contributed by atoms with Crippen LogP contribution in [0.5, 0.6) is 0 Å². The summed E-state index contributed by atoms with van der Waals surface area (Å²) in [6, 6.07) is 4.33. The van der Waals surface area contributed by atoms with Crippen LogP contribution in [-0.4, -0.2) is 11.1 Å². The number of benzene rings is 1. The van der Waals surface area contributed by atoms with Gasteiger partial charge < -0.3 is 10.8 Å². The molecule has 0 unspecified atom stereocenters. The molecule has 0 bridgehead atoms. The van der Waals surface area contributed by atoms with E-state index in [0.717, 1.165) is 5.56 Å². The van der Waals surface area contributed by atoms with Crippen LogP contribution in [-0.2, 0) is 11.2 Å². The van der Waals surface area contributed by atoms with Crippen LogP contribution in [0.3, 0.4) is 0 Å². The van der Waals surface area contributed by atoms with E-state index in [1.54, 1.807) is 13.0 Å². The average Bonchev–Trinajstić information content (AvgIpc) is 2.23. The molecule has 0 spiro atoms. The van der Waals surface area contributed by atoms with Crippen molar-refractivity contribution in [3.8, 4) is 0 Å². The van der Waals surface area contributed by atoms with E-state index in [1.807, 2.05) is 6.92 Å². The molecule has 3 nitrogen and oxygen atoms in total. The largest absolute Gasteiger partial charge is 0.481 e. The smallest absolute Gasteiger partial charge is 0.309 e. The van der Waals surface area contributed by atoms with Gasteiger partial charge in [0.2, 0.25) is 0 Å². The number of hydrogen-bond acceptors (Lipinski definition) is 2. The number of hydrogen-bond donors (Lipinski definition) is 2. The number of carboxylic acids is 1. The monoisotopic (exact) mass is 225 g/mol. The lowest BCUT2D eigenvalue weighted by Crippen LogP contribution is -2.29. The Morgan fingerprint density at radius 3 is 2.62 bits per heavy atom. The molecule has 0 fully saturated rings. The van der Waals surface area contributed by atoms with Crippen LogP contribution in [0, 0.1) is 11.2 Å². The van der Waals surface area contributed by atoms with E-state index in [4.69, 9.17) is 10.8 Å². The van der Waals surface area contributed by atoms with Crippen molar-refractivity contribution < 1.29 is 14.3 Å². The molecule has 0 aliphatic rings. The lowest BCUT2D eigenvalue weighted by Gasteiger charge is -2.23. The molecule has 0 aliphatic carbocycles. The minimum Gasteiger partial charge on any atom is -0.481 e. The zero-order valence-corrected chi connectivity index (χ0v) is 9.46. The molecule has 1 aromatic carbocycles. The van der Waals surface area contributed by atoms with Crippen LogP contribution >= 0.6 is 0 Å². The number of nitrogens with two attached hydrogens (primary N) is 1. The highest BCUT2D eigenvalue weighted by Crippen LogP contribution is 2.27. The first-order chi connectivity index (χ1) is 7.39. The lowest BCUT2D eigenvalue weighted by atomic mass is 9.81. The first-order valence-electron chi connectivity index (χ1n) is 5.16. The Morgan fingerprint density at radius 2 is 2.19 bits per heavy atom. The topological polar surface area (TPSA) is 63.3 Å². The standard InChI is InChI=1S/C12H16FNO2/c1-3-12(2,11(15)16)7-8-4-5-9(13)10(14)6-8/h4-6H,3,7,14H2,1-2H3,(H,15,16)/t12-/m0/s1. The van der Waals surface area contributed by atoms with E-state index in [9.17, 15) is 9.18 Å². The number of halogens is 1. The van der Waals surface area contributed by atoms with Crippen molar-refractivity contribution in [3.05, 3.63) is 29.6 Å². The average molecular weight is 225 g/mol. The van der Waals surface area contributed by atoms with E-state index in [-0.39, 0.29) is 5.69 Å². The first-order valence-corrected chi connectivity index (χ1v) is 5.16. The van der Waals surface area contributed by atoms with Gasteiger partial charge >= 0.3 is 5.97 Å². The van der Waals surface area contributed by atoms with E-state index in [0.29, 0.717) is 12.8 Å². The SMILES string of the molecule is CC[C@@](C)(Cc1ccc(F)c(N)c1)C(=O)O. The predicted molar refractivity (Wildman–Crippen MR) is 60.6 cm³/mol. The van der Waals surface area contributed by atoms with E-state index in [2.05, 4.69) is 0 Å². The Kier molecular flexibility index (Phi) is 3.52. The minimum absolute atomic E-state index is 0.0568. The summed E-state index contributed by atoms with van der Waals surface area (Å²) in [5.74, 6) is -1.32. The molecule has 0 aliphatic heterocycles. The Hall–Kier alpha value is -1.58. The quantitative estimate of drug-likeness (QED) is 0.773. The van der Waals surface area contributed by atoms with Gasteiger partial charge in [-0.15, -0.1) is 0 Å². The summed E-state index contributed by atoms with van der Waals surface area (Å²) in [5.41, 5.74) is 5.40. The van der Waals surface area contributed by atoms with Crippen LogP contribution in [0.1, 0.15) is 25.8 Å². The highest BCUT2D eigenvalue weighted by atomic mass is 19.1. The zero-order valence-electron chi connectivity index (χ0n) is 9.46. The van der Waals surface area contributed by atoms with Gasteiger partial charge in [0, 0.05) is 0 Å². The maximum absolute atomic E-state index is 12.9. The molecule has 1 aromatic rings. The van der Waals surface area contributed by atoms with E-state index < -0.39 is 17.2 Å². The van der Waals surface area contributed by atoms with Gasteiger partial charge in [-0.1, -0.05) is 13.0 Å². The summed E-state index contributed by atoms with van der Waals surface area (Å²) in [4.78, 5) is 11.1. The first kappa shape index (κ1) is 12.5. The molecule has 4 heteroatoms. The van der Waals surface area contributed by atoms with Crippen molar-refractivity contribution in [3.63, 3.8) is 0 Å². The summed E-state index contributed by atoms with van der Waals surface area (Å²) < 4.78 is 12.9. The van der Waals surface area contributed by atoms with Gasteiger partial charge in [-0.2, -0.15) is 0 Å². The molecule has 0 radical (unpaired) electrons. The summed E-state index contributed by atoms with van der Waals surface area (Å²) in [6.45, 7) is 3.50. The van der Waals surface area contributed by atoms with Gasteiger partial charge in [-0.05, 0) is 37.5 Å².